The first kappa shape index (κ1) is 8.16. The Balaban J connectivity index is 1.87. The molecule has 1 aromatic rings. The molecule has 0 saturated carbocycles. The first-order valence-corrected chi connectivity index (χ1v) is 5.02. The van der Waals surface area contributed by atoms with Crippen molar-refractivity contribution < 1.29 is 4.74 Å². The van der Waals surface area contributed by atoms with E-state index >= 15 is 0 Å². The molecule has 3 nitrogen and oxygen atoms in total. The third-order valence-corrected chi connectivity index (χ3v) is 2.62. The van der Waals surface area contributed by atoms with Crippen molar-refractivity contribution in [1.29, 1.82) is 0 Å². The summed E-state index contributed by atoms with van der Waals surface area (Å²) in [7, 11) is 0. The first-order valence-electron chi connectivity index (χ1n) is 4.08. The average Bonchev–Trinajstić information content (AvgIpc) is 2.47. The molecule has 1 aliphatic rings. The van der Waals surface area contributed by atoms with Crippen LogP contribution in [0.3, 0.4) is 0 Å². The molecule has 2 rings (SSSR count). The van der Waals surface area contributed by atoms with E-state index in [1.54, 1.807) is 11.3 Å². The van der Waals surface area contributed by atoms with Gasteiger partial charge in [-0.05, 0) is 6.92 Å². The van der Waals surface area contributed by atoms with Gasteiger partial charge in [-0.3, -0.25) is 0 Å². The Morgan fingerprint density at radius 2 is 2.58 bits per heavy atom. The molecule has 0 aliphatic carbocycles. The molecule has 2 heterocycles. The van der Waals surface area contributed by atoms with E-state index < -0.39 is 0 Å². The fourth-order valence-electron chi connectivity index (χ4n) is 1.21. The summed E-state index contributed by atoms with van der Waals surface area (Å²) in [4.78, 5) is 4.24. The van der Waals surface area contributed by atoms with Crippen molar-refractivity contribution in [1.82, 2.24) is 10.3 Å². The van der Waals surface area contributed by atoms with E-state index in [1.807, 2.05) is 5.51 Å². The van der Waals surface area contributed by atoms with E-state index in [1.165, 1.54) is 0 Å². The van der Waals surface area contributed by atoms with Crippen LogP contribution in [0.15, 0.2) is 10.9 Å². The van der Waals surface area contributed by atoms with Crippen LogP contribution in [0.25, 0.3) is 0 Å². The minimum atomic E-state index is 0.352. The van der Waals surface area contributed by atoms with E-state index in [0.717, 1.165) is 18.9 Å². The van der Waals surface area contributed by atoms with E-state index in [9.17, 15) is 0 Å². The molecule has 0 aromatic carbocycles. The van der Waals surface area contributed by atoms with Crippen molar-refractivity contribution >= 4 is 11.3 Å². The van der Waals surface area contributed by atoms with Crippen LogP contribution in [0.2, 0.25) is 0 Å². The van der Waals surface area contributed by atoms with Crippen molar-refractivity contribution in [2.75, 3.05) is 13.2 Å². The maximum Gasteiger partial charge on any atom is 0.0795 e. The van der Waals surface area contributed by atoms with Gasteiger partial charge in [0.25, 0.3) is 0 Å². The highest BCUT2D eigenvalue weighted by molar-refractivity contribution is 7.07. The SMILES string of the molecule is CC(NC1COC1)c1cscn1. The summed E-state index contributed by atoms with van der Waals surface area (Å²) >= 11 is 1.64. The maximum absolute atomic E-state index is 5.07. The predicted octanol–water partition coefficient (Wildman–Crippen LogP) is 1.19. The Bertz CT molecular complexity index is 233. The van der Waals surface area contributed by atoms with Crippen LogP contribution in [0.1, 0.15) is 18.7 Å². The van der Waals surface area contributed by atoms with Crippen LogP contribution < -0.4 is 5.32 Å². The van der Waals surface area contributed by atoms with Crippen molar-refractivity contribution in [3.8, 4) is 0 Å². The van der Waals surface area contributed by atoms with Crippen LogP contribution >= 0.6 is 11.3 Å². The van der Waals surface area contributed by atoms with Gasteiger partial charge >= 0.3 is 0 Å². The highest BCUT2D eigenvalue weighted by atomic mass is 32.1. The fourth-order valence-corrected chi connectivity index (χ4v) is 1.85. The second-order valence-electron chi connectivity index (χ2n) is 3.04. The van der Waals surface area contributed by atoms with Gasteiger partial charge in [0.1, 0.15) is 0 Å². The molecule has 12 heavy (non-hydrogen) atoms. The summed E-state index contributed by atoms with van der Waals surface area (Å²) in [5.74, 6) is 0. The monoisotopic (exact) mass is 184 g/mol. The number of hydrogen-bond acceptors (Lipinski definition) is 4. The van der Waals surface area contributed by atoms with Gasteiger partial charge in [0.15, 0.2) is 0 Å². The van der Waals surface area contributed by atoms with E-state index in [2.05, 4.69) is 22.6 Å². The lowest BCUT2D eigenvalue weighted by atomic mass is 10.2. The molecule has 0 spiro atoms. The number of thiazole rings is 1. The zero-order valence-corrected chi connectivity index (χ0v) is 7.80. The highest BCUT2D eigenvalue weighted by Gasteiger charge is 2.20. The van der Waals surface area contributed by atoms with Gasteiger partial charge in [-0.15, -0.1) is 11.3 Å². The summed E-state index contributed by atoms with van der Waals surface area (Å²) in [6.07, 6.45) is 0. The maximum atomic E-state index is 5.07. The van der Waals surface area contributed by atoms with Crippen LogP contribution in [0, 0.1) is 0 Å². The molecule has 1 fully saturated rings. The Morgan fingerprint density at radius 1 is 1.75 bits per heavy atom. The third kappa shape index (κ3) is 1.65. The van der Waals surface area contributed by atoms with Crippen molar-refractivity contribution in [2.24, 2.45) is 0 Å². The normalized spacial score (nSPS) is 20.4. The Kier molecular flexibility index (Phi) is 2.39. The molecule has 0 amide bonds. The lowest BCUT2D eigenvalue weighted by Crippen LogP contribution is -2.46. The Hall–Kier alpha value is -0.450. The van der Waals surface area contributed by atoms with E-state index in [-0.39, 0.29) is 0 Å². The molecule has 0 radical (unpaired) electrons. The number of rotatable bonds is 3. The lowest BCUT2D eigenvalue weighted by Gasteiger charge is -2.29. The summed E-state index contributed by atoms with van der Waals surface area (Å²) in [5.41, 5.74) is 3.00. The highest BCUT2D eigenvalue weighted by Crippen LogP contribution is 2.14. The van der Waals surface area contributed by atoms with Gasteiger partial charge in [0.05, 0.1) is 30.5 Å². The van der Waals surface area contributed by atoms with Crippen LogP contribution in [-0.4, -0.2) is 24.2 Å². The van der Waals surface area contributed by atoms with Gasteiger partial charge in [0, 0.05) is 11.4 Å². The van der Waals surface area contributed by atoms with Crippen LogP contribution in [-0.2, 0) is 4.74 Å². The van der Waals surface area contributed by atoms with Gasteiger partial charge < -0.3 is 10.1 Å². The zero-order valence-electron chi connectivity index (χ0n) is 6.99. The van der Waals surface area contributed by atoms with Gasteiger partial charge in [-0.25, -0.2) is 4.98 Å². The molecule has 1 atom stereocenters. The Labute approximate surface area is 75.8 Å². The van der Waals surface area contributed by atoms with Gasteiger partial charge in [0.2, 0.25) is 0 Å². The number of nitrogens with one attached hydrogen (secondary N) is 1. The molecule has 1 saturated heterocycles. The number of hydrogen-bond donors (Lipinski definition) is 1. The third-order valence-electron chi connectivity index (χ3n) is 2.02. The standard InChI is InChI=1S/C8H12N2OS/c1-6(8-4-12-5-9-8)10-7-2-11-3-7/h4-7,10H,2-3H2,1H3. The van der Waals surface area contributed by atoms with Crippen LogP contribution in [0.5, 0.6) is 0 Å². The largest absolute Gasteiger partial charge is 0.378 e. The molecule has 0 bridgehead atoms. The van der Waals surface area contributed by atoms with Crippen molar-refractivity contribution in [3.63, 3.8) is 0 Å². The quantitative estimate of drug-likeness (QED) is 0.766. The number of nitrogens with zero attached hydrogens (tertiary/aromatic N) is 1. The summed E-state index contributed by atoms with van der Waals surface area (Å²) < 4.78 is 5.07. The molecule has 66 valence electrons. The lowest BCUT2D eigenvalue weighted by molar-refractivity contribution is -0.00941. The predicted molar refractivity (Wildman–Crippen MR) is 48.3 cm³/mol. The molecule has 1 N–H and O–H groups in total. The smallest absolute Gasteiger partial charge is 0.0795 e. The molecule has 1 unspecified atom stereocenters. The first-order chi connectivity index (χ1) is 5.86. The molecule has 1 aromatic heterocycles. The topological polar surface area (TPSA) is 34.1 Å². The summed E-state index contributed by atoms with van der Waals surface area (Å²) in [6.45, 7) is 3.82. The van der Waals surface area contributed by atoms with E-state index in [4.69, 9.17) is 4.74 Å². The van der Waals surface area contributed by atoms with Crippen molar-refractivity contribution in [3.05, 3.63) is 16.6 Å². The zero-order chi connectivity index (χ0) is 8.39. The van der Waals surface area contributed by atoms with Gasteiger partial charge in [-0.2, -0.15) is 0 Å². The summed E-state index contributed by atoms with van der Waals surface area (Å²) in [5, 5.41) is 5.52. The minimum absolute atomic E-state index is 0.352. The van der Waals surface area contributed by atoms with Gasteiger partial charge in [-0.1, -0.05) is 0 Å². The fraction of sp³-hybridized carbons (Fsp3) is 0.625. The Morgan fingerprint density at radius 3 is 3.08 bits per heavy atom. The average molecular weight is 184 g/mol. The molecular formula is C8H12N2OS. The molecule has 4 heteroatoms. The number of ether oxygens (including phenoxy) is 1. The molecule has 1 aliphatic heterocycles. The van der Waals surface area contributed by atoms with Crippen molar-refractivity contribution in [2.45, 2.75) is 19.0 Å². The van der Waals surface area contributed by atoms with Crippen LogP contribution in [0.4, 0.5) is 0 Å². The second-order valence-corrected chi connectivity index (χ2v) is 3.75. The van der Waals surface area contributed by atoms with E-state index in [0.29, 0.717) is 12.1 Å². The second kappa shape index (κ2) is 3.51. The number of aromatic nitrogens is 1. The molecular weight excluding hydrogens is 172 g/mol. The summed E-state index contributed by atoms with van der Waals surface area (Å²) in [6, 6.07) is 0.881. The minimum Gasteiger partial charge on any atom is -0.378 e.